The van der Waals surface area contributed by atoms with E-state index in [2.05, 4.69) is 10.3 Å². The van der Waals surface area contributed by atoms with Crippen LogP contribution in [-0.4, -0.2) is 49.7 Å². The number of nitrogens with one attached hydrogen (secondary N) is 1. The molecule has 0 spiro atoms. The van der Waals surface area contributed by atoms with Crippen molar-refractivity contribution in [3.8, 4) is 0 Å². The largest absolute Gasteiger partial charge is 0.396 e. The number of fused-ring (bicyclic) bond motifs is 1. The summed E-state index contributed by atoms with van der Waals surface area (Å²) in [6.07, 6.45) is 0.687. The smallest absolute Gasteiger partial charge is 0.204 e. The monoisotopic (exact) mass is 371 g/mol. The average Bonchev–Trinajstić information content (AvgIpc) is 3.25. The van der Waals surface area contributed by atoms with E-state index in [1.165, 1.54) is 0 Å². The van der Waals surface area contributed by atoms with Crippen LogP contribution >= 0.6 is 23.2 Å². The van der Waals surface area contributed by atoms with Gasteiger partial charge in [-0.05, 0) is 31.4 Å². The van der Waals surface area contributed by atoms with Gasteiger partial charge in [-0.3, -0.25) is 0 Å². The number of aromatic nitrogens is 2. The van der Waals surface area contributed by atoms with Gasteiger partial charge in [-0.1, -0.05) is 23.2 Å². The van der Waals surface area contributed by atoms with Gasteiger partial charge in [0.2, 0.25) is 5.95 Å². The van der Waals surface area contributed by atoms with Gasteiger partial charge in [0, 0.05) is 18.6 Å². The lowest BCUT2D eigenvalue weighted by Gasteiger charge is -2.21. The molecule has 130 valence electrons. The minimum absolute atomic E-state index is 0.167. The zero-order chi connectivity index (χ0) is 17.0. The topological polar surface area (TPSA) is 90.5 Å². The van der Waals surface area contributed by atoms with Crippen molar-refractivity contribution in [3.05, 3.63) is 22.2 Å². The van der Waals surface area contributed by atoms with Crippen LogP contribution in [0.25, 0.3) is 11.0 Å². The predicted molar refractivity (Wildman–Crippen MR) is 92.6 cm³/mol. The lowest BCUT2D eigenvalue weighted by Crippen LogP contribution is -2.30. The number of aliphatic hydroxyl groups excluding tert-OH is 3. The maximum Gasteiger partial charge on any atom is 0.204 e. The lowest BCUT2D eigenvalue weighted by molar-refractivity contribution is -0.00345. The van der Waals surface area contributed by atoms with Crippen LogP contribution in [0.1, 0.15) is 25.3 Å². The van der Waals surface area contributed by atoms with Crippen LogP contribution in [0.5, 0.6) is 0 Å². The average molecular weight is 372 g/mol. The summed E-state index contributed by atoms with van der Waals surface area (Å²) in [4.78, 5) is 4.60. The number of hydrogen-bond donors (Lipinski definition) is 4. The van der Waals surface area contributed by atoms with Crippen molar-refractivity contribution < 1.29 is 15.3 Å². The van der Waals surface area contributed by atoms with E-state index in [1.807, 2.05) is 4.57 Å². The third-order valence-corrected chi connectivity index (χ3v) is 5.70. The number of hydrogen-bond acceptors (Lipinski definition) is 5. The number of anilines is 1. The molecule has 0 unspecified atom stereocenters. The normalized spacial score (nSPS) is 30.2. The van der Waals surface area contributed by atoms with Crippen molar-refractivity contribution in [1.82, 2.24) is 9.55 Å². The molecule has 2 aliphatic carbocycles. The number of imidazole rings is 1. The number of nitrogens with zero attached hydrogens (tertiary/aromatic N) is 2. The highest BCUT2D eigenvalue weighted by molar-refractivity contribution is 6.42. The van der Waals surface area contributed by atoms with E-state index in [9.17, 15) is 15.3 Å². The molecule has 24 heavy (non-hydrogen) atoms. The van der Waals surface area contributed by atoms with Crippen molar-refractivity contribution in [2.45, 2.75) is 43.6 Å². The quantitative estimate of drug-likeness (QED) is 0.661. The fourth-order valence-electron chi connectivity index (χ4n) is 3.47. The Kier molecular flexibility index (Phi) is 4.13. The Morgan fingerprint density at radius 1 is 1.17 bits per heavy atom. The molecular weight excluding hydrogens is 353 g/mol. The summed E-state index contributed by atoms with van der Waals surface area (Å²) >= 11 is 12.3. The van der Waals surface area contributed by atoms with Crippen LogP contribution in [0.4, 0.5) is 5.95 Å². The molecule has 0 amide bonds. The maximum absolute atomic E-state index is 10.5. The molecule has 4 atom stereocenters. The molecule has 1 heterocycles. The minimum Gasteiger partial charge on any atom is -0.396 e. The van der Waals surface area contributed by atoms with Crippen LogP contribution < -0.4 is 5.32 Å². The van der Waals surface area contributed by atoms with E-state index >= 15 is 0 Å². The first-order chi connectivity index (χ1) is 11.5. The van der Waals surface area contributed by atoms with Crippen molar-refractivity contribution in [3.63, 3.8) is 0 Å². The van der Waals surface area contributed by atoms with E-state index in [1.54, 1.807) is 12.1 Å². The van der Waals surface area contributed by atoms with Gasteiger partial charge in [0.05, 0.1) is 33.2 Å². The Bertz CT molecular complexity index is 778. The molecule has 2 aromatic rings. The third-order valence-electron chi connectivity index (χ3n) is 4.98. The summed E-state index contributed by atoms with van der Waals surface area (Å²) in [6.45, 7) is -0.167. The molecular formula is C16H19Cl2N3O3. The Hall–Kier alpha value is -1.05. The second-order valence-electron chi connectivity index (χ2n) is 6.71. The molecule has 4 N–H and O–H groups in total. The molecule has 0 saturated heterocycles. The highest BCUT2D eigenvalue weighted by Crippen LogP contribution is 2.41. The van der Waals surface area contributed by atoms with Crippen LogP contribution in [0.15, 0.2) is 12.1 Å². The number of benzene rings is 1. The van der Waals surface area contributed by atoms with Gasteiger partial charge in [-0.2, -0.15) is 0 Å². The molecule has 0 radical (unpaired) electrons. The van der Waals surface area contributed by atoms with E-state index in [-0.39, 0.29) is 18.6 Å². The minimum atomic E-state index is -0.978. The van der Waals surface area contributed by atoms with Gasteiger partial charge in [0.1, 0.15) is 6.10 Å². The first kappa shape index (κ1) is 16.4. The fourth-order valence-corrected chi connectivity index (χ4v) is 3.79. The lowest BCUT2D eigenvalue weighted by atomic mass is 10.1. The molecule has 0 aliphatic heterocycles. The summed E-state index contributed by atoms with van der Waals surface area (Å²) in [6, 6.07) is 3.43. The maximum atomic E-state index is 10.5. The van der Waals surface area contributed by atoms with E-state index in [0.717, 1.165) is 18.4 Å². The molecule has 6 nitrogen and oxygen atoms in total. The molecule has 2 fully saturated rings. The van der Waals surface area contributed by atoms with Crippen LogP contribution in [-0.2, 0) is 0 Å². The van der Waals surface area contributed by atoms with E-state index in [0.29, 0.717) is 34.0 Å². The predicted octanol–water partition coefficient (Wildman–Crippen LogP) is 2.19. The Balaban J connectivity index is 1.83. The van der Waals surface area contributed by atoms with Gasteiger partial charge < -0.3 is 25.2 Å². The van der Waals surface area contributed by atoms with Gasteiger partial charge in [0.15, 0.2) is 0 Å². The summed E-state index contributed by atoms with van der Waals surface area (Å²) in [7, 11) is 0. The fraction of sp³-hybridized carbons (Fsp3) is 0.562. The molecule has 0 bridgehead atoms. The molecule has 2 aliphatic rings. The summed E-state index contributed by atoms with van der Waals surface area (Å²) < 4.78 is 1.89. The molecule has 1 aromatic heterocycles. The second-order valence-corrected chi connectivity index (χ2v) is 7.52. The zero-order valence-electron chi connectivity index (χ0n) is 12.9. The molecule has 4 rings (SSSR count). The van der Waals surface area contributed by atoms with Crippen molar-refractivity contribution >= 4 is 40.2 Å². The van der Waals surface area contributed by atoms with Crippen molar-refractivity contribution in [2.75, 3.05) is 11.9 Å². The Morgan fingerprint density at radius 3 is 2.50 bits per heavy atom. The van der Waals surface area contributed by atoms with Crippen LogP contribution in [0, 0.1) is 5.92 Å². The summed E-state index contributed by atoms with van der Waals surface area (Å²) in [5.41, 5.74) is 1.43. The first-order valence-electron chi connectivity index (χ1n) is 8.10. The standard InChI is InChI=1S/C16H19Cl2N3O3/c17-9-4-11-12(5-10(9)18)21(16(20-11)19-8-1-2-8)13-3-7(6-22)14(23)15(13)24/h4-5,7-8,13-15,22-24H,1-3,6H2,(H,19,20)/t7-,13-,14-,15+/m0/s1. The number of halogens is 2. The first-order valence-corrected chi connectivity index (χ1v) is 8.85. The van der Waals surface area contributed by atoms with Crippen molar-refractivity contribution in [1.29, 1.82) is 0 Å². The highest BCUT2D eigenvalue weighted by Gasteiger charge is 2.43. The molecule has 8 heteroatoms. The summed E-state index contributed by atoms with van der Waals surface area (Å²) in [5, 5.41) is 34.3. The number of aliphatic hydroxyl groups is 3. The van der Waals surface area contributed by atoms with E-state index < -0.39 is 12.2 Å². The molecule has 2 saturated carbocycles. The van der Waals surface area contributed by atoms with E-state index in [4.69, 9.17) is 23.2 Å². The SMILES string of the molecule is OC[C@@H]1C[C@H](n2c(NC3CC3)nc3cc(Cl)c(Cl)cc32)[C@@H](O)[C@H]1O. The molecule has 1 aromatic carbocycles. The zero-order valence-corrected chi connectivity index (χ0v) is 14.4. The second kappa shape index (κ2) is 6.04. The Labute approximate surface area is 149 Å². The third kappa shape index (κ3) is 2.66. The Morgan fingerprint density at radius 2 is 1.88 bits per heavy atom. The van der Waals surface area contributed by atoms with Crippen LogP contribution in [0.2, 0.25) is 10.0 Å². The van der Waals surface area contributed by atoms with Crippen LogP contribution in [0.3, 0.4) is 0 Å². The van der Waals surface area contributed by atoms with Gasteiger partial charge in [-0.25, -0.2) is 4.98 Å². The van der Waals surface area contributed by atoms with Gasteiger partial charge >= 0.3 is 0 Å². The van der Waals surface area contributed by atoms with Crippen molar-refractivity contribution in [2.24, 2.45) is 5.92 Å². The van der Waals surface area contributed by atoms with Gasteiger partial charge in [-0.15, -0.1) is 0 Å². The van der Waals surface area contributed by atoms with Gasteiger partial charge in [0.25, 0.3) is 0 Å². The number of rotatable bonds is 4. The highest BCUT2D eigenvalue weighted by atomic mass is 35.5. The summed E-state index contributed by atoms with van der Waals surface area (Å²) in [5.74, 6) is 0.277.